The van der Waals surface area contributed by atoms with Gasteiger partial charge in [0.15, 0.2) is 0 Å². The minimum atomic E-state index is -0.190. The molecule has 1 amide bonds. The Labute approximate surface area is 105 Å². The number of nitrogens with one attached hydrogen (secondary N) is 2. The van der Waals surface area contributed by atoms with Crippen molar-refractivity contribution in [3.63, 3.8) is 0 Å². The molecule has 2 fully saturated rings. The predicted octanol–water partition coefficient (Wildman–Crippen LogP) is 2.07. The van der Waals surface area contributed by atoms with Gasteiger partial charge in [-0.05, 0) is 51.0 Å². The Morgan fingerprint density at radius 3 is 2.59 bits per heavy atom. The fourth-order valence-corrected chi connectivity index (χ4v) is 3.17. The van der Waals surface area contributed by atoms with Gasteiger partial charge in [0, 0.05) is 12.6 Å². The van der Waals surface area contributed by atoms with Crippen molar-refractivity contribution in [3.05, 3.63) is 0 Å². The molecule has 0 aromatic heterocycles. The summed E-state index contributed by atoms with van der Waals surface area (Å²) in [7, 11) is 0. The molecule has 0 radical (unpaired) electrons. The molecule has 1 heterocycles. The minimum Gasteiger partial charge on any atom is -0.353 e. The van der Waals surface area contributed by atoms with Gasteiger partial charge in [-0.2, -0.15) is 0 Å². The highest BCUT2D eigenvalue weighted by molar-refractivity contribution is 5.82. The van der Waals surface area contributed by atoms with Crippen molar-refractivity contribution >= 4 is 5.91 Å². The zero-order chi connectivity index (χ0) is 12.5. The van der Waals surface area contributed by atoms with Crippen LogP contribution in [0.25, 0.3) is 0 Å². The fourth-order valence-electron chi connectivity index (χ4n) is 3.17. The predicted molar refractivity (Wildman–Crippen MR) is 69.8 cm³/mol. The molecule has 2 atom stereocenters. The second-order valence-corrected chi connectivity index (χ2v) is 6.92. The molecule has 1 aliphatic heterocycles. The fraction of sp³-hybridized carbons (Fsp3) is 0.929. The minimum absolute atomic E-state index is 0.190. The van der Waals surface area contributed by atoms with Gasteiger partial charge in [0.25, 0.3) is 0 Å². The third-order valence-corrected chi connectivity index (χ3v) is 4.45. The highest BCUT2D eigenvalue weighted by Crippen LogP contribution is 2.37. The van der Waals surface area contributed by atoms with Gasteiger partial charge in [0.2, 0.25) is 5.91 Å². The van der Waals surface area contributed by atoms with Crippen LogP contribution in [0.1, 0.15) is 52.9 Å². The van der Waals surface area contributed by atoms with Crippen LogP contribution >= 0.6 is 0 Å². The topological polar surface area (TPSA) is 41.1 Å². The molecule has 2 unspecified atom stereocenters. The van der Waals surface area contributed by atoms with Crippen molar-refractivity contribution in [1.29, 1.82) is 0 Å². The zero-order valence-corrected chi connectivity index (χ0v) is 11.4. The summed E-state index contributed by atoms with van der Waals surface area (Å²) in [6, 6.07) is 0.399. The van der Waals surface area contributed by atoms with Crippen LogP contribution in [-0.2, 0) is 4.79 Å². The maximum atomic E-state index is 12.3. The summed E-state index contributed by atoms with van der Waals surface area (Å²) in [5.74, 6) is 0.257. The summed E-state index contributed by atoms with van der Waals surface area (Å²) in [6.07, 6.45) is 5.62. The van der Waals surface area contributed by atoms with E-state index in [0.717, 1.165) is 38.8 Å². The first-order chi connectivity index (χ1) is 7.91. The molecular weight excluding hydrogens is 212 g/mol. The summed E-state index contributed by atoms with van der Waals surface area (Å²) in [5, 5.41) is 6.60. The Bertz CT molecular complexity index is 293. The van der Waals surface area contributed by atoms with Gasteiger partial charge in [0.1, 0.15) is 0 Å². The number of piperidine rings is 1. The molecule has 2 aliphatic rings. The van der Waals surface area contributed by atoms with Crippen LogP contribution < -0.4 is 10.6 Å². The van der Waals surface area contributed by atoms with Crippen molar-refractivity contribution < 1.29 is 4.79 Å². The summed E-state index contributed by atoms with van der Waals surface area (Å²) in [6.45, 7) is 8.56. The standard InChI is InChI=1S/C14H26N2O/c1-13(2)7-5-11(9-13)16-12(17)14(3)6-4-8-15-10-14/h11,15H,4-10H2,1-3H3,(H,16,17). The zero-order valence-electron chi connectivity index (χ0n) is 11.4. The number of hydrogen-bond donors (Lipinski definition) is 2. The molecule has 1 saturated heterocycles. The van der Waals surface area contributed by atoms with E-state index in [1.165, 1.54) is 6.42 Å². The molecule has 17 heavy (non-hydrogen) atoms. The van der Waals surface area contributed by atoms with Crippen LogP contribution in [0.4, 0.5) is 0 Å². The lowest BCUT2D eigenvalue weighted by molar-refractivity contribution is -0.131. The number of hydrogen-bond acceptors (Lipinski definition) is 2. The molecule has 1 saturated carbocycles. The van der Waals surface area contributed by atoms with Gasteiger partial charge >= 0.3 is 0 Å². The van der Waals surface area contributed by atoms with Crippen LogP contribution in [0.3, 0.4) is 0 Å². The van der Waals surface area contributed by atoms with Gasteiger partial charge < -0.3 is 10.6 Å². The van der Waals surface area contributed by atoms with E-state index in [1.54, 1.807) is 0 Å². The molecule has 0 spiro atoms. The maximum Gasteiger partial charge on any atom is 0.227 e. The third kappa shape index (κ3) is 3.01. The lowest BCUT2D eigenvalue weighted by atomic mass is 9.81. The maximum absolute atomic E-state index is 12.3. The van der Waals surface area contributed by atoms with E-state index in [9.17, 15) is 4.79 Å². The van der Waals surface area contributed by atoms with Crippen molar-refractivity contribution in [2.24, 2.45) is 10.8 Å². The number of amides is 1. The molecule has 98 valence electrons. The van der Waals surface area contributed by atoms with E-state index in [1.807, 2.05) is 0 Å². The SMILES string of the molecule is CC1(C)CCC(NC(=O)C2(C)CCCNC2)C1. The van der Waals surface area contributed by atoms with Crippen LogP contribution in [0.15, 0.2) is 0 Å². The average Bonchev–Trinajstić information content (AvgIpc) is 2.59. The Morgan fingerprint density at radius 1 is 1.29 bits per heavy atom. The monoisotopic (exact) mass is 238 g/mol. The van der Waals surface area contributed by atoms with Gasteiger partial charge in [-0.25, -0.2) is 0 Å². The molecule has 2 rings (SSSR count). The van der Waals surface area contributed by atoms with E-state index < -0.39 is 0 Å². The van der Waals surface area contributed by atoms with E-state index in [4.69, 9.17) is 0 Å². The Balaban J connectivity index is 1.88. The van der Waals surface area contributed by atoms with E-state index in [2.05, 4.69) is 31.4 Å². The quantitative estimate of drug-likeness (QED) is 0.773. The smallest absolute Gasteiger partial charge is 0.227 e. The van der Waals surface area contributed by atoms with Gasteiger partial charge in [-0.3, -0.25) is 4.79 Å². The van der Waals surface area contributed by atoms with E-state index >= 15 is 0 Å². The Morgan fingerprint density at radius 2 is 2.06 bits per heavy atom. The lowest BCUT2D eigenvalue weighted by Crippen LogP contribution is -2.50. The lowest BCUT2D eigenvalue weighted by Gasteiger charge is -2.34. The number of rotatable bonds is 2. The summed E-state index contributed by atoms with van der Waals surface area (Å²) in [5.41, 5.74) is 0.217. The van der Waals surface area contributed by atoms with Crippen LogP contribution in [0.2, 0.25) is 0 Å². The first-order valence-electron chi connectivity index (χ1n) is 6.93. The molecule has 3 heteroatoms. The van der Waals surface area contributed by atoms with Crippen LogP contribution in [0.5, 0.6) is 0 Å². The summed E-state index contributed by atoms with van der Waals surface area (Å²) < 4.78 is 0. The van der Waals surface area contributed by atoms with Crippen LogP contribution in [0, 0.1) is 10.8 Å². The molecule has 1 aliphatic carbocycles. The van der Waals surface area contributed by atoms with Crippen molar-refractivity contribution in [3.8, 4) is 0 Å². The van der Waals surface area contributed by atoms with Crippen molar-refractivity contribution in [1.82, 2.24) is 10.6 Å². The first kappa shape index (κ1) is 12.9. The highest BCUT2D eigenvalue weighted by Gasteiger charge is 2.38. The molecule has 3 nitrogen and oxygen atoms in total. The third-order valence-electron chi connectivity index (χ3n) is 4.45. The normalized spacial score (nSPS) is 36.8. The van der Waals surface area contributed by atoms with Gasteiger partial charge in [-0.1, -0.05) is 13.8 Å². The molecule has 0 aromatic carbocycles. The summed E-state index contributed by atoms with van der Waals surface area (Å²) >= 11 is 0. The van der Waals surface area contributed by atoms with E-state index in [-0.39, 0.29) is 11.3 Å². The Hall–Kier alpha value is -0.570. The second kappa shape index (κ2) is 4.60. The Kier molecular flexibility index (Phi) is 3.48. The van der Waals surface area contributed by atoms with Gasteiger partial charge in [-0.15, -0.1) is 0 Å². The van der Waals surface area contributed by atoms with E-state index in [0.29, 0.717) is 11.5 Å². The van der Waals surface area contributed by atoms with Gasteiger partial charge in [0.05, 0.1) is 5.41 Å². The van der Waals surface area contributed by atoms with Crippen molar-refractivity contribution in [2.45, 2.75) is 58.9 Å². The summed E-state index contributed by atoms with van der Waals surface area (Å²) in [4.78, 5) is 12.3. The highest BCUT2D eigenvalue weighted by atomic mass is 16.2. The molecule has 0 bridgehead atoms. The molecule has 2 N–H and O–H groups in total. The number of carbonyl (C=O) groups excluding carboxylic acids is 1. The average molecular weight is 238 g/mol. The second-order valence-electron chi connectivity index (χ2n) is 6.92. The molecular formula is C14H26N2O. The van der Waals surface area contributed by atoms with Crippen LogP contribution in [-0.4, -0.2) is 25.0 Å². The first-order valence-corrected chi connectivity index (χ1v) is 6.93. The largest absolute Gasteiger partial charge is 0.353 e. The molecule has 0 aromatic rings. The van der Waals surface area contributed by atoms with Crippen molar-refractivity contribution in [2.75, 3.05) is 13.1 Å². The number of carbonyl (C=O) groups is 1.